The van der Waals surface area contributed by atoms with E-state index in [2.05, 4.69) is 11.1 Å². The molecule has 0 radical (unpaired) electrons. The molecule has 0 saturated heterocycles. The molecule has 0 heterocycles. The molecule has 0 rings (SSSR count). The van der Waals surface area contributed by atoms with Gasteiger partial charge in [-0.1, -0.05) is 58.3 Å². The van der Waals surface area contributed by atoms with E-state index in [0.717, 1.165) is 12.8 Å². The van der Waals surface area contributed by atoms with E-state index < -0.39 is 11.0 Å². The van der Waals surface area contributed by atoms with Crippen molar-refractivity contribution in [3.05, 3.63) is 0 Å². The van der Waals surface area contributed by atoms with Crippen LogP contribution in [-0.4, -0.2) is 14.5 Å². The fourth-order valence-electron chi connectivity index (χ4n) is 1.77. The van der Waals surface area contributed by atoms with Gasteiger partial charge in [-0.2, -0.15) is 0 Å². The molecule has 3 nitrogen and oxygen atoms in total. The Morgan fingerprint density at radius 1 is 0.938 bits per heavy atom. The minimum atomic E-state index is -2.67. The molecule has 0 aromatic heterocycles. The molecule has 0 fully saturated rings. The van der Waals surface area contributed by atoms with Crippen LogP contribution in [0.5, 0.6) is 0 Å². The van der Waals surface area contributed by atoms with Crippen molar-refractivity contribution in [1.29, 1.82) is 0 Å². The molecule has 0 spiro atoms. The summed E-state index contributed by atoms with van der Waals surface area (Å²) >= 11 is 0. The predicted molar refractivity (Wildman–Crippen MR) is 68.1 cm³/mol. The Hall–Kier alpha value is -0.0900. The van der Waals surface area contributed by atoms with Crippen molar-refractivity contribution in [3.8, 4) is 0 Å². The van der Waals surface area contributed by atoms with E-state index in [4.69, 9.17) is 0 Å². The van der Waals surface area contributed by atoms with E-state index in [1.165, 1.54) is 44.9 Å². The van der Waals surface area contributed by atoms with Gasteiger partial charge in [0.1, 0.15) is 0 Å². The molecule has 0 N–H and O–H groups in total. The predicted octanol–water partition coefficient (Wildman–Crippen LogP) is 3.45. The lowest BCUT2D eigenvalue weighted by molar-refractivity contribution is 0.223. The van der Waals surface area contributed by atoms with Crippen molar-refractivity contribution >= 4 is 11.0 Å². The summed E-state index contributed by atoms with van der Waals surface area (Å²) in [5.74, 6) is 0. The van der Waals surface area contributed by atoms with E-state index >= 15 is 0 Å². The molecular weight excluding hydrogens is 224 g/mol. The van der Waals surface area contributed by atoms with Crippen LogP contribution in [0.3, 0.4) is 0 Å². The third-order valence-corrected chi connectivity index (χ3v) is 3.26. The molecule has 0 aliphatic carbocycles. The molecule has 1 unspecified atom stereocenters. The Bertz CT molecular complexity index is 206. The van der Waals surface area contributed by atoms with E-state index in [1.807, 2.05) is 6.92 Å². The van der Waals surface area contributed by atoms with Gasteiger partial charge in [0, 0.05) is 0 Å². The maximum absolute atomic E-state index is 10.3. The standard InChI is InChI=1S/C12H26O3S/c1-3-4-5-6-7-8-9-10-11-12(2)15-16(13)14/h12,16H,3-11H2,1-2H3. The van der Waals surface area contributed by atoms with Crippen LogP contribution in [-0.2, 0) is 15.2 Å². The summed E-state index contributed by atoms with van der Waals surface area (Å²) in [6, 6.07) is 0. The Kier molecular flexibility index (Phi) is 11.3. The van der Waals surface area contributed by atoms with Crippen LogP contribution in [0.1, 0.15) is 71.6 Å². The molecule has 0 bridgehead atoms. The van der Waals surface area contributed by atoms with Crippen molar-refractivity contribution < 1.29 is 12.6 Å². The lowest BCUT2D eigenvalue weighted by Crippen LogP contribution is -2.06. The molecule has 0 aromatic rings. The summed E-state index contributed by atoms with van der Waals surface area (Å²) < 4.78 is 25.2. The third kappa shape index (κ3) is 12.0. The summed E-state index contributed by atoms with van der Waals surface area (Å²) in [4.78, 5) is 0. The molecule has 0 aromatic carbocycles. The highest BCUT2D eigenvalue weighted by atomic mass is 32.2. The van der Waals surface area contributed by atoms with Crippen molar-refractivity contribution in [2.45, 2.75) is 77.7 Å². The zero-order valence-electron chi connectivity index (χ0n) is 10.6. The second-order valence-corrected chi connectivity index (χ2v) is 5.06. The summed E-state index contributed by atoms with van der Waals surface area (Å²) in [7, 11) is -2.67. The fourth-order valence-corrected chi connectivity index (χ4v) is 2.16. The van der Waals surface area contributed by atoms with Crippen LogP contribution < -0.4 is 0 Å². The Morgan fingerprint density at radius 3 is 1.94 bits per heavy atom. The van der Waals surface area contributed by atoms with Gasteiger partial charge in [0.2, 0.25) is 0 Å². The van der Waals surface area contributed by atoms with Crippen LogP contribution >= 0.6 is 0 Å². The van der Waals surface area contributed by atoms with Crippen molar-refractivity contribution in [3.63, 3.8) is 0 Å². The zero-order chi connectivity index (χ0) is 12.2. The maximum atomic E-state index is 10.3. The Balaban J connectivity index is 3.14. The molecule has 16 heavy (non-hydrogen) atoms. The number of unbranched alkanes of at least 4 members (excludes halogenated alkanes) is 7. The first-order valence-electron chi connectivity index (χ1n) is 6.48. The second-order valence-electron chi connectivity index (χ2n) is 4.40. The SMILES string of the molecule is CCCCCCCCCCC(C)O[SH](=O)=O. The van der Waals surface area contributed by atoms with E-state index in [0.29, 0.717) is 0 Å². The van der Waals surface area contributed by atoms with Gasteiger partial charge in [0.25, 0.3) is 11.0 Å². The minimum Gasteiger partial charge on any atom is -0.269 e. The average Bonchev–Trinajstić information content (AvgIpc) is 2.21. The first kappa shape index (κ1) is 15.9. The maximum Gasteiger partial charge on any atom is 0.257 e. The van der Waals surface area contributed by atoms with Gasteiger partial charge in [-0.15, -0.1) is 0 Å². The number of hydrogen-bond donors (Lipinski definition) is 1. The first-order valence-corrected chi connectivity index (χ1v) is 7.57. The lowest BCUT2D eigenvalue weighted by Gasteiger charge is -2.07. The van der Waals surface area contributed by atoms with E-state index in [9.17, 15) is 8.42 Å². The highest BCUT2D eigenvalue weighted by Crippen LogP contribution is 2.11. The van der Waals surface area contributed by atoms with E-state index in [-0.39, 0.29) is 6.10 Å². The largest absolute Gasteiger partial charge is 0.269 e. The molecule has 4 heteroatoms. The molecule has 98 valence electrons. The van der Waals surface area contributed by atoms with Crippen LogP contribution in [0, 0.1) is 0 Å². The van der Waals surface area contributed by atoms with Gasteiger partial charge < -0.3 is 0 Å². The highest BCUT2D eigenvalue weighted by Gasteiger charge is 2.02. The molecule has 0 saturated carbocycles. The van der Waals surface area contributed by atoms with Gasteiger partial charge in [-0.25, -0.2) is 8.42 Å². The quantitative estimate of drug-likeness (QED) is 0.451. The second kappa shape index (κ2) is 11.4. The highest BCUT2D eigenvalue weighted by molar-refractivity contribution is 7.67. The van der Waals surface area contributed by atoms with Gasteiger partial charge in [0.15, 0.2) is 0 Å². The Labute approximate surface area is 102 Å². The first-order chi connectivity index (χ1) is 7.66. The normalized spacial score (nSPS) is 13.2. The monoisotopic (exact) mass is 250 g/mol. The van der Waals surface area contributed by atoms with Crippen LogP contribution in [0.25, 0.3) is 0 Å². The van der Waals surface area contributed by atoms with Crippen LogP contribution in [0.4, 0.5) is 0 Å². The topological polar surface area (TPSA) is 43.4 Å². The number of rotatable bonds is 11. The summed E-state index contributed by atoms with van der Waals surface area (Å²) in [5, 5.41) is 0. The molecule has 1 atom stereocenters. The average molecular weight is 250 g/mol. The van der Waals surface area contributed by atoms with Crippen molar-refractivity contribution in [2.24, 2.45) is 0 Å². The third-order valence-electron chi connectivity index (χ3n) is 2.73. The number of thiol groups is 1. The summed E-state index contributed by atoms with van der Waals surface area (Å²) in [5.41, 5.74) is 0. The Morgan fingerprint density at radius 2 is 1.44 bits per heavy atom. The van der Waals surface area contributed by atoms with Crippen LogP contribution in [0.2, 0.25) is 0 Å². The molecular formula is C12H26O3S. The summed E-state index contributed by atoms with van der Waals surface area (Å²) in [6.07, 6.45) is 10.9. The van der Waals surface area contributed by atoms with Gasteiger partial charge in [-0.05, 0) is 13.3 Å². The zero-order valence-corrected chi connectivity index (χ0v) is 11.5. The van der Waals surface area contributed by atoms with E-state index in [1.54, 1.807) is 0 Å². The smallest absolute Gasteiger partial charge is 0.257 e. The lowest BCUT2D eigenvalue weighted by atomic mass is 10.1. The molecule has 0 aliphatic heterocycles. The van der Waals surface area contributed by atoms with Crippen LogP contribution in [0.15, 0.2) is 0 Å². The van der Waals surface area contributed by atoms with Gasteiger partial charge >= 0.3 is 0 Å². The van der Waals surface area contributed by atoms with Gasteiger partial charge in [0.05, 0.1) is 6.10 Å². The summed E-state index contributed by atoms with van der Waals surface area (Å²) in [6.45, 7) is 4.04. The fraction of sp³-hybridized carbons (Fsp3) is 1.00. The number of hydrogen-bond acceptors (Lipinski definition) is 3. The van der Waals surface area contributed by atoms with Crippen molar-refractivity contribution in [2.75, 3.05) is 0 Å². The minimum absolute atomic E-state index is 0.152. The molecule has 0 aliphatic rings. The van der Waals surface area contributed by atoms with Crippen molar-refractivity contribution in [1.82, 2.24) is 0 Å². The van der Waals surface area contributed by atoms with Gasteiger partial charge in [-0.3, -0.25) is 4.18 Å². The molecule has 0 amide bonds.